The Morgan fingerprint density at radius 1 is 1.29 bits per heavy atom. The molecule has 96 valence electrons. The Balaban J connectivity index is 2.66. The number of hydrogen-bond acceptors (Lipinski definition) is 1. The largest absolute Gasteiger partial charge is 0.416 e. The average molecular weight is 245 g/mol. The molecular formula is C13H18F3N. The van der Waals surface area contributed by atoms with Crippen molar-refractivity contribution in [2.45, 2.75) is 45.3 Å². The minimum absolute atomic E-state index is 0.193. The van der Waals surface area contributed by atoms with Gasteiger partial charge in [-0.2, -0.15) is 13.2 Å². The van der Waals surface area contributed by atoms with Gasteiger partial charge in [-0.3, -0.25) is 0 Å². The Morgan fingerprint density at radius 2 is 2.00 bits per heavy atom. The van der Waals surface area contributed by atoms with Gasteiger partial charge in [-0.15, -0.1) is 0 Å². The van der Waals surface area contributed by atoms with Gasteiger partial charge in [0, 0.05) is 11.7 Å². The molecule has 0 bridgehead atoms. The Kier molecular flexibility index (Phi) is 4.85. The summed E-state index contributed by atoms with van der Waals surface area (Å²) in [5.74, 6) is 0. The standard InChI is InChI=1S/C13H18F3N/c1-3-4-6-10(2)17-12-8-5-7-11(9-12)13(14,15)16/h5,7-10,17H,3-4,6H2,1-2H3. The molecule has 4 heteroatoms. The Labute approximate surface area is 100 Å². The van der Waals surface area contributed by atoms with Crippen LogP contribution in [0.5, 0.6) is 0 Å². The van der Waals surface area contributed by atoms with Crippen LogP contribution in [0, 0.1) is 0 Å². The van der Waals surface area contributed by atoms with Gasteiger partial charge in [0.05, 0.1) is 5.56 Å². The van der Waals surface area contributed by atoms with Crippen LogP contribution in [0.3, 0.4) is 0 Å². The van der Waals surface area contributed by atoms with Crippen molar-refractivity contribution < 1.29 is 13.2 Å². The lowest BCUT2D eigenvalue weighted by atomic mass is 10.1. The van der Waals surface area contributed by atoms with Crippen molar-refractivity contribution in [2.75, 3.05) is 5.32 Å². The highest BCUT2D eigenvalue weighted by Gasteiger charge is 2.30. The molecule has 0 aliphatic carbocycles. The van der Waals surface area contributed by atoms with E-state index in [2.05, 4.69) is 12.2 Å². The number of alkyl halides is 3. The first-order valence-electron chi connectivity index (χ1n) is 5.87. The first kappa shape index (κ1) is 13.9. The average Bonchev–Trinajstić information content (AvgIpc) is 2.25. The molecule has 0 heterocycles. The van der Waals surface area contributed by atoms with E-state index < -0.39 is 11.7 Å². The fourth-order valence-electron chi connectivity index (χ4n) is 1.65. The van der Waals surface area contributed by atoms with Crippen LogP contribution in [0.25, 0.3) is 0 Å². The lowest BCUT2D eigenvalue weighted by Crippen LogP contribution is -2.15. The second kappa shape index (κ2) is 5.94. The van der Waals surface area contributed by atoms with Gasteiger partial charge in [0.1, 0.15) is 0 Å². The van der Waals surface area contributed by atoms with Crippen molar-refractivity contribution in [3.8, 4) is 0 Å². The summed E-state index contributed by atoms with van der Waals surface area (Å²) in [7, 11) is 0. The van der Waals surface area contributed by atoms with Gasteiger partial charge < -0.3 is 5.32 Å². The molecule has 0 aromatic heterocycles. The molecule has 1 N–H and O–H groups in total. The van der Waals surface area contributed by atoms with Crippen LogP contribution in [0.1, 0.15) is 38.7 Å². The van der Waals surface area contributed by atoms with E-state index in [0.717, 1.165) is 31.4 Å². The van der Waals surface area contributed by atoms with E-state index in [9.17, 15) is 13.2 Å². The highest BCUT2D eigenvalue weighted by molar-refractivity contribution is 5.47. The van der Waals surface area contributed by atoms with E-state index in [0.29, 0.717) is 5.69 Å². The van der Waals surface area contributed by atoms with E-state index in [1.165, 1.54) is 6.07 Å². The summed E-state index contributed by atoms with van der Waals surface area (Å²) in [4.78, 5) is 0. The Morgan fingerprint density at radius 3 is 2.59 bits per heavy atom. The van der Waals surface area contributed by atoms with Gasteiger partial charge in [-0.25, -0.2) is 0 Å². The normalized spacial score (nSPS) is 13.5. The van der Waals surface area contributed by atoms with Crippen LogP contribution >= 0.6 is 0 Å². The molecule has 0 amide bonds. The van der Waals surface area contributed by atoms with Crippen molar-refractivity contribution >= 4 is 5.69 Å². The summed E-state index contributed by atoms with van der Waals surface area (Å²) < 4.78 is 37.4. The molecule has 1 aromatic carbocycles. The monoisotopic (exact) mass is 245 g/mol. The van der Waals surface area contributed by atoms with Gasteiger partial charge in [0.15, 0.2) is 0 Å². The van der Waals surface area contributed by atoms with Crippen molar-refractivity contribution in [3.05, 3.63) is 29.8 Å². The van der Waals surface area contributed by atoms with E-state index >= 15 is 0 Å². The molecule has 0 spiro atoms. The van der Waals surface area contributed by atoms with Crippen LogP contribution in [0.2, 0.25) is 0 Å². The molecule has 1 aromatic rings. The van der Waals surface area contributed by atoms with Crippen LogP contribution in [0.4, 0.5) is 18.9 Å². The van der Waals surface area contributed by atoms with Crippen LogP contribution in [0.15, 0.2) is 24.3 Å². The van der Waals surface area contributed by atoms with Gasteiger partial charge in [0.25, 0.3) is 0 Å². The number of unbranched alkanes of at least 4 members (excludes halogenated alkanes) is 1. The molecule has 1 rings (SSSR count). The maximum atomic E-state index is 12.5. The zero-order valence-electron chi connectivity index (χ0n) is 10.1. The van der Waals surface area contributed by atoms with Crippen molar-refractivity contribution in [1.82, 2.24) is 0 Å². The van der Waals surface area contributed by atoms with Gasteiger partial charge in [-0.1, -0.05) is 25.8 Å². The first-order valence-corrected chi connectivity index (χ1v) is 5.87. The molecular weight excluding hydrogens is 227 g/mol. The quantitative estimate of drug-likeness (QED) is 0.793. The summed E-state index contributed by atoms with van der Waals surface area (Å²) in [6.45, 7) is 4.08. The van der Waals surface area contributed by atoms with Crippen LogP contribution in [-0.2, 0) is 6.18 Å². The predicted molar refractivity (Wildman–Crippen MR) is 64.1 cm³/mol. The summed E-state index contributed by atoms with van der Waals surface area (Å²) in [5, 5.41) is 3.09. The second-order valence-corrected chi connectivity index (χ2v) is 4.27. The molecule has 0 saturated heterocycles. The highest BCUT2D eigenvalue weighted by Crippen LogP contribution is 2.30. The number of anilines is 1. The molecule has 0 aliphatic heterocycles. The zero-order chi connectivity index (χ0) is 12.9. The zero-order valence-corrected chi connectivity index (χ0v) is 10.1. The minimum atomic E-state index is -4.27. The van der Waals surface area contributed by atoms with E-state index in [1.54, 1.807) is 6.07 Å². The minimum Gasteiger partial charge on any atom is -0.383 e. The van der Waals surface area contributed by atoms with Crippen LogP contribution < -0.4 is 5.32 Å². The molecule has 1 nitrogen and oxygen atoms in total. The summed E-state index contributed by atoms with van der Waals surface area (Å²) in [6.07, 6.45) is -1.14. The third kappa shape index (κ3) is 4.67. The lowest BCUT2D eigenvalue weighted by molar-refractivity contribution is -0.137. The maximum absolute atomic E-state index is 12.5. The predicted octanol–water partition coefficient (Wildman–Crippen LogP) is 4.70. The lowest BCUT2D eigenvalue weighted by Gasteiger charge is -2.16. The molecule has 0 aliphatic rings. The first-order chi connectivity index (χ1) is 7.93. The number of nitrogens with one attached hydrogen (secondary N) is 1. The smallest absolute Gasteiger partial charge is 0.383 e. The number of hydrogen-bond donors (Lipinski definition) is 1. The fraction of sp³-hybridized carbons (Fsp3) is 0.538. The van der Waals surface area contributed by atoms with Gasteiger partial charge in [-0.05, 0) is 31.5 Å². The van der Waals surface area contributed by atoms with E-state index in [-0.39, 0.29) is 6.04 Å². The van der Waals surface area contributed by atoms with Crippen molar-refractivity contribution in [2.24, 2.45) is 0 Å². The van der Waals surface area contributed by atoms with Crippen molar-refractivity contribution in [3.63, 3.8) is 0 Å². The molecule has 0 radical (unpaired) electrons. The summed E-state index contributed by atoms with van der Waals surface area (Å²) in [6, 6.07) is 5.53. The fourth-order valence-corrected chi connectivity index (χ4v) is 1.65. The number of benzene rings is 1. The third-order valence-electron chi connectivity index (χ3n) is 2.59. The maximum Gasteiger partial charge on any atom is 0.416 e. The summed E-state index contributed by atoms with van der Waals surface area (Å²) >= 11 is 0. The van der Waals surface area contributed by atoms with E-state index in [4.69, 9.17) is 0 Å². The summed E-state index contributed by atoms with van der Waals surface area (Å²) in [5.41, 5.74) is -0.0754. The molecule has 0 saturated carbocycles. The molecule has 1 atom stereocenters. The number of rotatable bonds is 5. The topological polar surface area (TPSA) is 12.0 Å². The highest BCUT2D eigenvalue weighted by atomic mass is 19.4. The molecule has 17 heavy (non-hydrogen) atoms. The van der Waals surface area contributed by atoms with Gasteiger partial charge >= 0.3 is 6.18 Å². The Hall–Kier alpha value is -1.19. The van der Waals surface area contributed by atoms with Gasteiger partial charge in [0.2, 0.25) is 0 Å². The van der Waals surface area contributed by atoms with Crippen molar-refractivity contribution in [1.29, 1.82) is 0 Å². The second-order valence-electron chi connectivity index (χ2n) is 4.27. The third-order valence-corrected chi connectivity index (χ3v) is 2.59. The molecule has 0 fully saturated rings. The Bertz CT molecular complexity index is 347. The SMILES string of the molecule is CCCCC(C)Nc1cccc(C(F)(F)F)c1. The molecule has 1 unspecified atom stereocenters. The van der Waals surface area contributed by atoms with E-state index in [1.807, 2.05) is 6.92 Å². The van der Waals surface area contributed by atoms with Crippen LogP contribution in [-0.4, -0.2) is 6.04 Å². The number of halogens is 3.